The highest BCUT2D eigenvalue weighted by atomic mass is 79.9. The average Bonchev–Trinajstić information content (AvgIpc) is 2.70. The van der Waals surface area contributed by atoms with Crippen molar-refractivity contribution in [3.63, 3.8) is 0 Å². The fourth-order valence-corrected chi connectivity index (χ4v) is 2.42. The van der Waals surface area contributed by atoms with E-state index in [0.717, 1.165) is 27.6 Å². The number of hydrogen-bond donors (Lipinski definition) is 1. The number of anilines is 2. The molecule has 0 atom stereocenters. The second-order valence-electron chi connectivity index (χ2n) is 4.68. The summed E-state index contributed by atoms with van der Waals surface area (Å²) < 4.78 is 8.26. The summed E-state index contributed by atoms with van der Waals surface area (Å²) in [6.45, 7) is 6.26. The molecule has 0 unspecified atom stereocenters. The Morgan fingerprint density at radius 3 is 2.68 bits per heavy atom. The molecule has 2 rings (SSSR count). The summed E-state index contributed by atoms with van der Waals surface area (Å²) in [4.78, 5) is 4.50. The van der Waals surface area contributed by atoms with Crippen molar-refractivity contribution in [3.05, 3.63) is 34.6 Å². The Labute approximate surface area is 121 Å². The van der Waals surface area contributed by atoms with Crippen LogP contribution >= 0.6 is 15.9 Å². The van der Waals surface area contributed by atoms with Crippen LogP contribution in [0.2, 0.25) is 0 Å². The monoisotopic (exact) mass is 323 g/mol. The molecule has 0 aliphatic carbocycles. The topological polar surface area (TPSA) is 39.1 Å². The zero-order chi connectivity index (χ0) is 14.0. The van der Waals surface area contributed by atoms with Gasteiger partial charge in [-0.1, -0.05) is 0 Å². The lowest BCUT2D eigenvalue weighted by atomic mass is 10.3. The van der Waals surface area contributed by atoms with E-state index in [4.69, 9.17) is 4.74 Å². The maximum atomic E-state index is 5.22. The summed E-state index contributed by atoms with van der Waals surface area (Å²) in [7, 11) is 1.65. The molecule has 0 bridgehead atoms. The van der Waals surface area contributed by atoms with Crippen LogP contribution in [0.3, 0.4) is 0 Å². The van der Waals surface area contributed by atoms with E-state index in [1.54, 1.807) is 7.11 Å². The second kappa shape index (κ2) is 5.65. The third-order valence-electron chi connectivity index (χ3n) is 2.82. The number of imidazole rings is 1. The van der Waals surface area contributed by atoms with Crippen molar-refractivity contribution in [3.8, 4) is 5.75 Å². The summed E-state index contributed by atoms with van der Waals surface area (Å²) in [6, 6.07) is 6.23. The lowest BCUT2D eigenvalue weighted by Crippen LogP contribution is -2.05. The summed E-state index contributed by atoms with van der Waals surface area (Å²) in [5, 5.41) is 3.33. The van der Waals surface area contributed by atoms with Crippen molar-refractivity contribution >= 4 is 27.6 Å². The van der Waals surface area contributed by atoms with E-state index in [1.165, 1.54) is 0 Å². The molecule has 0 fully saturated rings. The van der Waals surface area contributed by atoms with Crippen LogP contribution in [0.4, 0.5) is 11.6 Å². The number of halogens is 1. The lowest BCUT2D eigenvalue weighted by Gasteiger charge is -2.13. The van der Waals surface area contributed by atoms with Gasteiger partial charge in [-0.15, -0.1) is 0 Å². The fourth-order valence-electron chi connectivity index (χ4n) is 1.88. The van der Waals surface area contributed by atoms with E-state index in [2.05, 4.69) is 44.6 Å². The minimum Gasteiger partial charge on any atom is -0.496 e. The molecule has 4 nitrogen and oxygen atoms in total. The van der Waals surface area contributed by atoms with Gasteiger partial charge in [0.1, 0.15) is 5.75 Å². The van der Waals surface area contributed by atoms with Crippen LogP contribution in [0.25, 0.3) is 0 Å². The second-order valence-corrected chi connectivity index (χ2v) is 5.54. The SMILES string of the molecule is COc1ccc(Nc2nc(C)cn2C(C)C)cc1Br. The maximum absolute atomic E-state index is 5.22. The quantitative estimate of drug-likeness (QED) is 0.912. The van der Waals surface area contributed by atoms with Crippen LogP contribution in [-0.4, -0.2) is 16.7 Å². The van der Waals surface area contributed by atoms with Gasteiger partial charge in [-0.25, -0.2) is 4.98 Å². The molecule has 0 saturated heterocycles. The molecule has 0 amide bonds. The number of aryl methyl sites for hydroxylation is 1. The Morgan fingerprint density at radius 2 is 2.11 bits per heavy atom. The van der Waals surface area contributed by atoms with Crippen molar-refractivity contribution in [2.75, 3.05) is 12.4 Å². The Kier molecular flexibility index (Phi) is 4.14. The molecule has 0 aliphatic rings. The van der Waals surface area contributed by atoms with Crippen molar-refractivity contribution in [1.82, 2.24) is 9.55 Å². The molecule has 1 aromatic carbocycles. The van der Waals surface area contributed by atoms with Gasteiger partial charge in [0.2, 0.25) is 5.95 Å². The predicted octanol–water partition coefficient (Wildman–Crippen LogP) is 4.29. The molecule has 0 aliphatic heterocycles. The maximum Gasteiger partial charge on any atom is 0.207 e. The third kappa shape index (κ3) is 3.10. The van der Waals surface area contributed by atoms with Gasteiger partial charge in [-0.3, -0.25) is 0 Å². The molecule has 1 N–H and O–H groups in total. The third-order valence-corrected chi connectivity index (χ3v) is 3.44. The van der Waals surface area contributed by atoms with Crippen LogP contribution < -0.4 is 10.1 Å². The molecule has 19 heavy (non-hydrogen) atoms. The average molecular weight is 324 g/mol. The first-order chi connectivity index (χ1) is 9.01. The molecule has 0 spiro atoms. The zero-order valence-electron chi connectivity index (χ0n) is 11.6. The summed E-state index contributed by atoms with van der Waals surface area (Å²) in [6.07, 6.45) is 2.05. The van der Waals surface area contributed by atoms with Crippen LogP contribution in [0.1, 0.15) is 25.6 Å². The largest absolute Gasteiger partial charge is 0.496 e. The van der Waals surface area contributed by atoms with Gasteiger partial charge in [-0.05, 0) is 54.9 Å². The standard InChI is InChI=1S/C14H18BrN3O/c1-9(2)18-8-10(3)16-14(18)17-11-5-6-13(19-4)12(15)7-11/h5-9H,1-4H3,(H,16,17). The number of methoxy groups -OCH3 is 1. The summed E-state index contributed by atoms with van der Waals surface area (Å²) in [5.74, 6) is 1.67. The number of benzene rings is 1. The van der Waals surface area contributed by atoms with Crippen molar-refractivity contribution in [2.45, 2.75) is 26.8 Å². The molecular weight excluding hydrogens is 306 g/mol. The zero-order valence-corrected chi connectivity index (χ0v) is 13.2. The van der Waals surface area contributed by atoms with E-state index in [-0.39, 0.29) is 0 Å². The number of hydrogen-bond acceptors (Lipinski definition) is 3. The lowest BCUT2D eigenvalue weighted by molar-refractivity contribution is 0.412. The molecule has 0 saturated carbocycles. The van der Waals surface area contributed by atoms with E-state index >= 15 is 0 Å². The highest BCUT2D eigenvalue weighted by Crippen LogP contribution is 2.29. The highest BCUT2D eigenvalue weighted by molar-refractivity contribution is 9.10. The molecule has 1 heterocycles. The highest BCUT2D eigenvalue weighted by Gasteiger charge is 2.09. The van der Waals surface area contributed by atoms with Gasteiger partial charge in [0.05, 0.1) is 17.3 Å². The Balaban J connectivity index is 2.28. The van der Waals surface area contributed by atoms with Crippen molar-refractivity contribution < 1.29 is 4.74 Å². The van der Waals surface area contributed by atoms with E-state index in [1.807, 2.05) is 31.3 Å². The van der Waals surface area contributed by atoms with Crippen LogP contribution in [-0.2, 0) is 0 Å². The number of aromatic nitrogens is 2. The van der Waals surface area contributed by atoms with Crippen LogP contribution in [0, 0.1) is 6.92 Å². The van der Waals surface area contributed by atoms with Gasteiger partial charge in [-0.2, -0.15) is 0 Å². The normalized spacial score (nSPS) is 10.8. The number of nitrogens with zero attached hydrogens (tertiary/aromatic N) is 2. The summed E-state index contributed by atoms with van der Waals surface area (Å²) >= 11 is 3.48. The van der Waals surface area contributed by atoms with Gasteiger partial charge >= 0.3 is 0 Å². The van der Waals surface area contributed by atoms with E-state index < -0.39 is 0 Å². The number of rotatable bonds is 4. The Hall–Kier alpha value is -1.49. The minimum absolute atomic E-state index is 0.366. The van der Waals surface area contributed by atoms with Crippen molar-refractivity contribution in [1.29, 1.82) is 0 Å². The van der Waals surface area contributed by atoms with Crippen LogP contribution in [0.15, 0.2) is 28.9 Å². The van der Waals surface area contributed by atoms with E-state index in [0.29, 0.717) is 6.04 Å². The van der Waals surface area contributed by atoms with Gasteiger partial charge in [0.25, 0.3) is 0 Å². The minimum atomic E-state index is 0.366. The van der Waals surface area contributed by atoms with Gasteiger partial charge in [0, 0.05) is 17.9 Å². The summed E-state index contributed by atoms with van der Waals surface area (Å²) in [5.41, 5.74) is 1.98. The molecule has 102 valence electrons. The molecular formula is C14H18BrN3O. The molecule has 5 heteroatoms. The molecule has 0 radical (unpaired) electrons. The first-order valence-corrected chi connectivity index (χ1v) is 6.96. The molecule has 1 aromatic heterocycles. The smallest absolute Gasteiger partial charge is 0.207 e. The first-order valence-electron chi connectivity index (χ1n) is 6.17. The Morgan fingerprint density at radius 1 is 1.37 bits per heavy atom. The van der Waals surface area contributed by atoms with Crippen molar-refractivity contribution in [2.24, 2.45) is 0 Å². The number of nitrogens with one attached hydrogen (secondary N) is 1. The van der Waals surface area contributed by atoms with Crippen LogP contribution in [0.5, 0.6) is 5.75 Å². The first kappa shape index (κ1) is 13.9. The number of ether oxygens (including phenoxy) is 1. The Bertz CT molecular complexity index is 578. The van der Waals surface area contributed by atoms with E-state index in [9.17, 15) is 0 Å². The predicted molar refractivity (Wildman–Crippen MR) is 81.3 cm³/mol. The molecule has 2 aromatic rings. The van der Waals surface area contributed by atoms with Gasteiger partial charge in [0.15, 0.2) is 0 Å². The fraction of sp³-hybridized carbons (Fsp3) is 0.357. The van der Waals surface area contributed by atoms with Gasteiger partial charge < -0.3 is 14.6 Å².